The largest absolute Gasteiger partial charge is 0.498 e. The molecule has 29 heavy (non-hydrogen) atoms. The highest BCUT2D eigenvalue weighted by Crippen LogP contribution is 2.58. The third-order valence-electron chi connectivity index (χ3n) is 7.16. The third kappa shape index (κ3) is 3.61. The molecule has 1 saturated carbocycles. The predicted octanol–water partition coefficient (Wildman–Crippen LogP) is 5.83. The van der Waals surface area contributed by atoms with E-state index in [4.69, 9.17) is 27.9 Å². The van der Waals surface area contributed by atoms with Crippen LogP contribution in [0, 0.1) is 17.3 Å². The number of alkyl halides is 1. The van der Waals surface area contributed by atoms with Crippen LogP contribution in [0.2, 0.25) is 5.02 Å². The Morgan fingerprint density at radius 3 is 2.62 bits per heavy atom. The van der Waals surface area contributed by atoms with E-state index in [9.17, 15) is 4.79 Å². The molecule has 3 nitrogen and oxygen atoms in total. The quantitative estimate of drug-likeness (QED) is 0.606. The van der Waals surface area contributed by atoms with Gasteiger partial charge in [-0.15, -0.1) is 11.6 Å². The number of fused-ring (bicyclic) bond motifs is 1. The fourth-order valence-corrected chi connectivity index (χ4v) is 6.35. The van der Waals surface area contributed by atoms with E-state index < -0.39 is 0 Å². The SMILES string of the molecule is CCOC1=CC=C(C2CCC3(C)C(=O)NC(C)C3C2c2ccc(Cl)cc2)C(Cl)C1. The van der Waals surface area contributed by atoms with Crippen LogP contribution in [0.25, 0.3) is 0 Å². The minimum atomic E-state index is -0.344. The first-order valence-corrected chi connectivity index (χ1v) is 11.4. The molecule has 4 rings (SSSR count). The number of hydrogen-bond acceptors (Lipinski definition) is 2. The number of carbonyl (C=O) groups excluding carboxylic acids is 1. The molecular weight excluding hydrogens is 405 g/mol. The Morgan fingerprint density at radius 1 is 1.24 bits per heavy atom. The minimum absolute atomic E-state index is 0.0777. The Hall–Kier alpha value is -1.45. The predicted molar refractivity (Wildman–Crippen MR) is 118 cm³/mol. The number of ether oxygens (including phenoxy) is 1. The summed E-state index contributed by atoms with van der Waals surface area (Å²) in [4.78, 5) is 12.8. The Morgan fingerprint density at radius 2 is 1.97 bits per heavy atom. The van der Waals surface area contributed by atoms with Crippen LogP contribution >= 0.6 is 23.2 Å². The second-order valence-corrected chi connectivity index (χ2v) is 9.80. The van der Waals surface area contributed by atoms with Gasteiger partial charge in [-0.2, -0.15) is 0 Å². The summed E-state index contributed by atoms with van der Waals surface area (Å²) < 4.78 is 5.69. The van der Waals surface area contributed by atoms with Gasteiger partial charge in [0.05, 0.1) is 23.2 Å². The maximum atomic E-state index is 12.8. The van der Waals surface area contributed by atoms with E-state index in [1.165, 1.54) is 11.1 Å². The molecule has 2 fully saturated rings. The van der Waals surface area contributed by atoms with Crippen molar-refractivity contribution in [2.75, 3.05) is 6.61 Å². The first-order valence-electron chi connectivity index (χ1n) is 10.6. The second-order valence-electron chi connectivity index (χ2n) is 8.83. The number of halogens is 2. The molecule has 1 N–H and O–H groups in total. The smallest absolute Gasteiger partial charge is 0.226 e. The molecule has 1 amide bonds. The molecular formula is C24H29Cl2NO2. The normalized spacial score (nSPS) is 36.7. The van der Waals surface area contributed by atoms with Crippen LogP contribution in [0.1, 0.15) is 51.5 Å². The Balaban J connectivity index is 1.77. The van der Waals surface area contributed by atoms with Gasteiger partial charge in [-0.3, -0.25) is 4.79 Å². The standard InChI is InChI=1S/C24H29Cl2NO2/c1-4-29-17-9-10-18(20(26)13-17)19-11-12-24(3)22(14(2)27-23(24)28)21(19)15-5-7-16(25)8-6-15/h5-10,14,19-22H,4,11-13H2,1-3H3,(H,27,28). The van der Waals surface area contributed by atoms with Crippen LogP contribution in [0.4, 0.5) is 0 Å². The van der Waals surface area contributed by atoms with E-state index in [1.807, 2.05) is 19.1 Å². The van der Waals surface area contributed by atoms with E-state index in [1.54, 1.807) is 0 Å². The molecule has 1 aliphatic heterocycles. The van der Waals surface area contributed by atoms with Crippen molar-refractivity contribution in [2.45, 2.75) is 57.4 Å². The van der Waals surface area contributed by atoms with Crippen molar-refractivity contribution < 1.29 is 9.53 Å². The maximum Gasteiger partial charge on any atom is 0.226 e. The van der Waals surface area contributed by atoms with Crippen molar-refractivity contribution in [3.63, 3.8) is 0 Å². The summed E-state index contributed by atoms with van der Waals surface area (Å²) >= 11 is 13.0. The Labute approximate surface area is 183 Å². The summed E-state index contributed by atoms with van der Waals surface area (Å²) in [5.74, 6) is 1.87. The van der Waals surface area contributed by atoms with E-state index >= 15 is 0 Å². The average molecular weight is 434 g/mol. The number of carbonyl (C=O) groups is 1. The van der Waals surface area contributed by atoms with Crippen LogP contribution in [0.3, 0.4) is 0 Å². The summed E-state index contributed by atoms with van der Waals surface area (Å²) in [6.45, 7) is 6.92. The van der Waals surface area contributed by atoms with Crippen LogP contribution in [-0.4, -0.2) is 23.9 Å². The van der Waals surface area contributed by atoms with Crippen LogP contribution in [-0.2, 0) is 9.53 Å². The average Bonchev–Trinajstić information content (AvgIpc) is 2.91. The van der Waals surface area contributed by atoms with Crippen LogP contribution < -0.4 is 5.32 Å². The molecule has 1 heterocycles. The minimum Gasteiger partial charge on any atom is -0.498 e. The van der Waals surface area contributed by atoms with Gasteiger partial charge in [0.2, 0.25) is 5.91 Å². The zero-order valence-corrected chi connectivity index (χ0v) is 18.8. The fraction of sp³-hybridized carbons (Fsp3) is 0.542. The topological polar surface area (TPSA) is 38.3 Å². The van der Waals surface area contributed by atoms with Crippen molar-refractivity contribution in [1.82, 2.24) is 5.32 Å². The Bertz CT molecular complexity index is 847. The molecule has 6 atom stereocenters. The number of nitrogens with one attached hydrogen (secondary N) is 1. The monoisotopic (exact) mass is 433 g/mol. The zero-order valence-electron chi connectivity index (χ0n) is 17.3. The number of hydrogen-bond donors (Lipinski definition) is 1. The van der Waals surface area contributed by atoms with Gasteiger partial charge in [-0.05, 0) is 67.9 Å². The molecule has 1 aromatic carbocycles. The maximum absolute atomic E-state index is 12.8. The van der Waals surface area contributed by atoms with Crippen molar-refractivity contribution in [1.29, 1.82) is 0 Å². The summed E-state index contributed by atoms with van der Waals surface area (Å²) in [7, 11) is 0. The van der Waals surface area contributed by atoms with E-state index in [-0.39, 0.29) is 34.6 Å². The number of amides is 1. The van der Waals surface area contributed by atoms with Crippen molar-refractivity contribution in [3.05, 3.63) is 58.3 Å². The highest BCUT2D eigenvalue weighted by Gasteiger charge is 2.58. The summed E-state index contributed by atoms with van der Waals surface area (Å²) in [6, 6.07) is 8.28. The van der Waals surface area contributed by atoms with Crippen LogP contribution in [0.5, 0.6) is 0 Å². The molecule has 0 radical (unpaired) electrons. The molecule has 1 aromatic rings. The molecule has 0 spiro atoms. The van der Waals surface area contributed by atoms with Gasteiger partial charge in [0.15, 0.2) is 0 Å². The first kappa shape index (κ1) is 20.8. The molecule has 0 bridgehead atoms. The lowest BCUT2D eigenvalue weighted by atomic mass is 9.55. The molecule has 2 aliphatic carbocycles. The summed E-state index contributed by atoms with van der Waals surface area (Å²) in [5.41, 5.74) is 2.16. The van der Waals surface area contributed by atoms with Gasteiger partial charge in [0.1, 0.15) is 0 Å². The van der Waals surface area contributed by atoms with E-state index in [0.717, 1.165) is 30.0 Å². The lowest BCUT2D eigenvalue weighted by Crippen LogP contribution is -2.44. The van der Waals surface area contributed by atoms with E-state index in [0.29, 0.717) is 12.5 Å². The van der Waals surface area contributed by atoms with Crippen molar-refractivity contribution in [2.24, 2.45) is 17.3 Å². The molecule has 5 heteroatoms. The molecule has 6 unspecified atom stereocenters. The van der Waals surface area contributed by atoms with Gasteiger partial charge >= 0.3 is 0 Å². The molecule has 1 saturated heterocycles. The highest BCUT2D eigenvalue weighted by atomic mass is 35.5. The summed E-state index contributed by atoms with van der Waals surface area (Å²) in [6.07, 6.45) is 6.79. The van der Waals surface area contributed by atoms with E-state index in [2.05, 4.69) is 43.4 Å². The number of allylic oxidation sites excluding steroid dienone is 4. The van der Waals surface area contributed by atoms with Gasteiger partial charge in [-0.25, -0.2) is 0 Å². The van der Waals surface area contributed by atoms with Gasteiger partial charge in [-0.1, -0.05) is 36.7 Å². The number of benzene rings is 1. The molecule has 3 aliphatic rings. The highest BCUT2D eigenvalue weighted by molar-refractivity contribution is 6.30. The lowest BCUT2D eigenvalue weighted by Gasteiger charge is -2.47. The van der Waals surface area contributed by atoms with Gasteiger partial charge in [0.25, 0.3) is 0 Å². The Kier molecular flexibility index (Phi) is 5.74. The van der Waals surface area contributed by atoms with Crippen molar-refractivity contribution >= 4 is 29.1 Å². The third-order valence-corrected chi connectivity index (χ3v) is 7.82. The van der Waals surface area contributed by atoms with Gasteiger partial charge in [0, 0.05) is 23.4 Å². The lowest BCUT2D eigenvalue weighted by molar-refractivity contribution is -0.130. The first-order chi connectivity index (χ1) is 13.8. The fourth-order valence-electron chi connectivity index (χ4n) is 5.84. The van der Waals surface area contributed by atoms with Crippen LogP contribution in [0.15, 0.2) is 47.7 Å². The second kappa shape index (κ2) is 8.00. The van der Waals surface area contributed by atoms with Gasteiger partial charge < -0.3 is 10.1 Å². The summed E-state index contributed by atoms with van der Waals surface area (Å²) in [5, 5.41) is 3.87. The van der Waals surface area contributed by atoms with Crippen molar-refractivity contribution in [3.8, 4) is 0 Å². The molecule has 156 valence electrons. The zero-order chi connectivity index (χ0) is 20.8. The molecule has 0 aromatic heterocycles. The number of rotatable bonds is 4.